The number of nitrogens with zero attached hydrogens (tertiary/aromatic N) is 2. The minimum Gasteiger partial charge on any atom is -0.444 e. The highest BCUT2D eigenvalue weighted by Gasteiger charge is 2.30. The number of amides is 5. The molecule has 210 valence electrons. The minimum absolute atomic E-state index is 0.106. The van der Waals surface area contributed by atoms with Crippen molar-refractivity contribution in [1.29, 1.82) is 0 Å². The van der Waals surface area contributed by atoms with Crippen LogP contribution in [0.25, 0.3) is 10.9 Å². The summed E-state index contributed by atoms with van der Waals surface area (Å²) in [7, 11) is 0. The van der Waals surface area contributed by atoms with E-state index in [-0.39, 0.29) is 41.8 Å². The van der Waals surface area contributed by atoms with Gasteiger partial charge in [0.1, 0.15) is 23.0 Å². The lowest BCUT2D eigenvalue weighted by atomic mass is 10.1. The number of hydrogen-bond acceptors (Lipinski definition) is 8. The summed E-state index contributed by atoms with van der Waals surface area (Å²) >= 11 is 0. The van der Waals surface area contributed by atoms with Crippen molar-refractivity contribution in [3.8, 4) is 0 Å². The van der Waals surface area contributed by atoms with Gasteiger partial charge in [-0.1, -0.05) is 6.07 Å². The van der Waals surface area contributed by atoms with E-state index in [4.69, 9.17) is 4.74 Å². The molecule has 1 fully saturated rings. The molecule has 1 aliphatic heterocycles. The van der Waals surface area contributed by atoms with Gasteiger partial charge in [-0.3, -0.25) is 33.9 Å². The van der Waals surface area contributed by atoms with E-state index in [0.717, 1.165) is 0 Å². The van der Waals surface area contributed by atoms with Gasteiger partial charge < -0.3 is 20.7 Å². The van der Waals surface area contributed by atoms with Crippen LogP contribution in [0.2, 0.25) is 0 Å². The van der Waals surface area contributed by atoms with E-state index in [1.807, 2.05) is 0 Å². The third kappa shape index (κ3) is 7.85. The van der Waals surface area contributed by atoms with Gasteiger partial charge >= 0.3 is 17.9 Å². The molecule has 2 heterocycles. The second kappa shape index (κ2) is 12.5. The number of unbranched alkanes of at least 4 members (excludes halogenated alkanes) is 2. The number of imide groups is 1. The van der Waals surface area contributed by atoms with Crippen LogP contribution < -0.4 is 26.8 Å². The topological polar surface area (TPSA) is 178 Å². The molecular weight excluding hydrogens is 508 g/mol. The second-order valence-corrected chi connectivity index (χ2v) is 10.2. The van der Waals surface area contributed by atoms with Gasteiger partial charge in [0.25, 0.3) is 5.56 Å². The molecule has 0 aliphatic carbocycles. The first-order valence-electron chi connectivity index (χ1n) is 12.8. The van der Waals surface area contributed by atoms with Crippen LogP contribution in [0, 0.1) is 6.92 Å². The Kier molecular flexibility index (Phi) is 9.38. The summed E-state index contributed by atoms with van der Waals surface area (Å²) in [6.07, 6.45) is 1.79. The molecule has 1 saturated heterocycles. The van der Waals surface area contributed by atoms with Crippen molar-refractivity contribution < 1.29 is 28.7 Å². The average molecular weight is 543 g/mol. The number of benzene rings is 1. The van der Waals surface area contributed by atoms with E-state index < -0.39 is 46.9 Å². The Labute approximate surface area is 225 Å². The predicted octanol–water partition coefficient (Wildman–Crippen LogP) is 1.43. The molecule has 4 N–H and O–H groups in total. The third-order valence-electron chi connectivity index (χ3n) is 5.89. The molecule has 1 aromatic carbocycles. The number of hydrogen-bond donors (Lipinski definition) is 4. The molecule has 39 heavy (non-hydrogen) atoms. The molecular formula is C26H34N6O7. The number of aryl methyl sites for hydroxylation is 1. The first kappa shape index (κ1) is 29.3. The summed E-state index contributed by atoms with van der Waals surface area (Å²) in [6, 6.07) is 3.70. The Morgan fingerprint density at radius 1 is 1.05 bits per heavy atom. The van der Waals surface area contributed by atoms with Crippen LogP contribution in [0.4, 0.5) is 10.5 Å². The summed E-state index contributed by atoms with van der Waals surface area (Å²) in [4.78, 5) is 77.9. The third-order valence-corrected chi connectivity index (χ3v) is 5.89. The number of ether oxygens (including phenoxy) is 1. The van der Waals surface area contributed by atoms with Crippen molar-refractivity contribution in [1.82, 2.24) is 25.5 Å². The maximum atomic E-state index is 13.2. The Morgan fingerprint density at radius 2 is 1.74 bits per heavy atom. The van der Waals surface area contributed by atoms with E-state index in [1.165, 1.54) is 22.8 Å². The lowest BCUT2D eigenvalue weighted by molar-refractivity contribution is -0.136. The standard InChI is InChI=1S/C26H34N6O7/c1-15-29-20-16(24(37)32(15)18-11-12-19(33)31-21(18)34)9-8-10-17(20)30-23(36)22(35)27-13-6-5-7-14-28-25(38)39-26(2,3)4/h8-10,18H,5-7,11-14H2,1-4H3,(H,27,35)(H,28,38)(H,30,36)(H,31,33,34). The average Bonchev–Trinajstić information content (AvgIpc) is 2.84. The number of carbonyl (C=O) groups excluding carboxylic acids is 5. The fourth-order valence-corrected chi connectivity index (χ4v) is 4.12. The molecule has 1 aromatic heterocycles. The van der Waals surface area contributed by atoms with Gasteiger partial charge in [-0.15, -0.1) is 0 Å². The van der Waals surface area contributed by atoms with E-state index in [1.54, 1.807) is 27.7 Å². The van der Waals surface area contributed by atoms with E-state index in [9.17, 15) is 28.8 Å². The second-order valence-electron chi connectivity index (χ2n) is 10.2. The fraction of sp³-hybridized carbons (Fsp3) is 0.500. The highest BCUT2D eigenvalue weighted by Crippen LogP contribution is 2.23. The maximum absolute atomic E-state index is 13.2. The zero-order chi connectivity index (χ0) is 28.7. The van der Waals surface area contributed by atoms with Crippen LogP contribution in [0.15, 0.2) is 23.0 Å². The van der Waals surface area contributed by atoms with Gasteiger partial charge in [0.05, 0.1) is 11.1 Å². The van der Waals surface area contributed by atoms with Crippen LogP contribution >= 0.6 is 0 Å². The predicted molar refractivity (Wildman–Crippen MR) is 142 cm³/mol. The normalized spacial score (nSPS) is 15.4. The number of piperidine rings is 1. The van der Waals surface area contributed by atoms with Gasteiger partial charge in [0.15, 0.2) is 0 Å². The van der Waals surface area contributed by atoms with Gasteiger partial charge in [0, 0.05) is 19.5 Å². The van der Waals surface area contributed by atoms with Crippen molar-refractivity contribution in [2.75, 3.05) is 18.4 Å². The van der Waals surface area contributed by atoms with Crippen LogP contribution in [0.3, 0.4) is 0 Å². The van der Waals surface area contributed by atoms with Gasteiger partial charge in [-0.05, 0) is 65.5 Å². The molecule has 0 saturated carbocycles. The number of nitrogens with one attached hydrogen (secondary N) is 4. The molecule has 2 aromatic rings. The molecule has 3 rings (SSSR count). The lowest BCUT2D eigenvalue weighted by Crippen LogP contribution is -2.45. The number of alkyl carbamates (subject to hydrolysis) is 1. The number of para-hydroxylation sites is 1. The quantitative estimate of drug-likeness (QED) is 0.220. The summed E-state index contributed by atoms with van der Waals surface area (Å²) in [5.41, 5.74) is -0.697. The van der Waals surface area contributed by atoms with Crippen molar-refractivity contribution in [2.24, 2.45) is 0 Å². The van der Waals surface area contributed by atoms with Crippen molar-refractivity contribution in [2.45, 2.75) is 71.4 Å². The van der Waals surface area contributed by atoms with Crippen molar-refractivity contribution in [3.63, 3.8) is 0 Å². The largest absolute Gasteiger partial charge is 0.444 e. The molecule has 0 bridgehead atoms. The summed E-state index contributed by atoms with van der Waals surface area (Å²) in [5, 5.41) is 10.1. The number of carbonyl (C=O) groups is 5. The first-order chi connectivity index (χ1) is 18.4. The molecule has 13 nitrogen and oxygen atoms in total. The van der Waals surface area contributed by atoms with Crippen LogP contribution in [0.1, 0.15) is 64.7 Å². The van der Waals surface area contributed by atoms with Crippen molar-refractivity contribution in [3.05, 3.63) is 34.4 Å². The maximum Gasteiger partial charge on any atom is 0.407 e. The van der Waals surface area contributed by atoms with Gasteiger partial charge in [0.2, 0.25) is 11.8 Å². The Morgan fingerprint density at radius 3 is 2.41 bits per heavy atom. The molecule has 1 unspecified atom stereocenters. The van der Waals surface area contributed by atoms with E-state index >= 15 is 0 Å². The first-order valence-corrected chi connectivity index (χ1v) is 12.8. The number of fused-ring (bicyclic) bond motifs is 1. The summed E-state index contributed by atoms with van der Waals surface area (Å²) in [6.45, 7) is 7.60. The smallest absolute Gasteiger partial charge is 0.407 e. The van der Waals surface area contributed by atoms with Crippen molar-refractivity contribution >= 4 is 46.3 Å². The minimum atomic E-state index is -0.914. The SMILES string of the molecule is Cc1nc2c(NC(=O)C(=O)NCCCCCNC(=O)OC(C)(C)C)cccc2c(=O)n1C1CCC(=O)NC1=O. The number of anilines is 1. The molecule has 0 radical (unpaired) electrons. The lowest BCUT2D eigenvalue weighted by Gasteiger charge is -2.24. The zero-order valence-corrected chi connectivity index (χ0v) is 22.5. The van der Waals surface area contributed by atoms with E-state index in [0.29, 0.717) is 25.8 Å². The Hall–Kier alpha value is -4.29. The Bertz CT molecular complexity index is 1340. The number of aromatic nitrogens is 2. The van der Waals surface area contributed by atoms with E-state index in [2.05, 4.69) is 26.3 Å². The summed E-state index contributed by atoms with van der Waals surface area (Å²) < 4.78 is 6.39. The molecule has 5 amide bonds. The molecule has 13 heteroatoms. The molecule has 1 atom stereocenters. The fourth-order valence-electron chi connectivity index (χ4n) is 4.12. The highest BCUT2D eigenvalue weighted by atomic mass is 16.6. The number of rotatable bonds is 8. The van der Waals surface area contributed by atoms with Gasteiger partial charge in [-0.25, -0.2) is 9.78 Å². The summed E-state index contributed by atoms with van der Waals surface area (Å²) in [5.74, 6) is -2.49. The molecule has 1 aliphatic rings. The zero-order valence-electron chi connectivity index (χ0n) is 22.5. The Balaban J connectivity index is 1.55. The monoisotopic (exact) mass is 542 g/mol. The van der Waals surface area contributed by atoms with Crippen LogP contribution in [-0.4, -0.2) is 58.0 Å². The molecule has 0 spiro atoms. The van der Waals surface area contributed by atoms with Crippen LogP contribution in [0.5, 0.6) is 0 Å². The van der Waals surface area contributed by atoms with Crippen LogP contribution in [-0.2, 0) is 23.9 Å². The van der Waals surface area contributed by atoms with Gasteiger partial charge in [-0.2, -0.15) is 0 Å². The highest BCUT2D eigenvalue weighted by molar-refractivity contribution is 6.40.